The second-order valence-corrected chi connectivity index (χ2v) is 5.16. The SMILES string of the molecule is CC(N)C1CCCCN1Cc1ccccc1C#N. The molecule has 1 heterocycles. The molecule has 1 saturated heterocycles. The summed E-state index contributed by atoms with van der Waals surface area (Å²) in [7, 11) is 0. The van der Waals surface area contributed by atoms with Gasteiger partial charge in [0.15, 0.2) is 0 Å². The van der Waals surface area contributed by atoms with Crippen LogP contribution in [0.4, 0.5) is 0 Å². The van der Waals surface area contributed by atoms with Crippen molar-refractivity contribution in [3.63, 3.8) is 0 Å². The minimum atomic E-state index is 0.194. The van der Waals surface area contributed by atoms with Crippen molar-refractivity contribution in [3.8, 4) is 6.07 Å². The highest BCUT2D eigenvalue weighted by Crippen LogP contribution is 2.22. The second-order valence-electron chi connectivity index (χ2n) is 5.16. The fourth-order valence-corrected chi connectivity index (χ4v) is 2.79. The summed E-state index contributed by atoms with van der Waals surface area (Å²) in [5.74, 6) is 0. The molecular formula is C15H21N3. The molecule has 3 heteroatoms. The quantitative estimate of drug-likeness (QED) is 0.886. The van der Waals surface area contributed by atoms with Crippen LogP contribution in [-0.2, 0) is 6.54 Å². The lowest BCUT2D eigenvalue weighted by atomic mass is 9.95. The lowest BCUT2D eigenvalue weighted by Crippen LogP contribution is -2.48. The maximum Gasteiger partial charge on any atom is 0.0995 e. The minimum absolute atomic E-state index is 0.194. The number of nitriles is 1. The van der Waals surface area contributed by atoms with Crippen LogP contribution in [0.15, 0.2) is 24.3 Å². The van der Waals surface area contributed by atoms with Gasteiger partial charge in [0, 0.05) is 18.6 Å². The zero-order valence-electron chi connectivity index (χ0n) is 11.0. The molecule has 0 radical (unpaired) electrons. The summed E-state index contributed by atoms with van der Waals surface area (Å²) in [6.07, 6.45) is 3.67. The first-order valence-electron chi connectivity index (χ1n) is 6.70. The number of rotatable bonds is 3. The topological polar surface area (TPSA) is 53.0 Å². The van der Waals surface area contributed by atoms with Crippen molar-refractivity contribution in [2.45, 2.75) is 44.8 Å². The van der Waals surface area contributed by atoms with Crippen molar-refractivity contribution >= 4 is 0 Å². The van der Waals surface area contributed by atoms with Crippen molar-refractivity contribution in [1.82, 2.24) is 4.90 Å². The Morgan fingerprint density at radius 2 is 2.22 bits per heavy atom. The third kappa shape index (κ3) is 2.90. The van der Waals surface area contributed by atoms with Crippen molar-refractivity contribution in [2.24, 2.45) is 5.73 Å². The highest BCUT2D eigenvalue weighted by atomic mass is 15.2. The van der Waals surface area contributed by atoms with Crippen LogP contribution >= 0.6 is 0 Å². The van der Waals surface area contributed by atoms with E-state index in [1.807, 2.05) is 24.3 Å². The first kappa shape index (κ1) is 13.1. The van der Waals surface area contributed by atoms with Gasteiger partial charge in [-0.05, 0) is 37.9 Å². The van der Waals surface area contributed by atoms with Crippen molar-refractivity contribution < 1.29 is 0 Å². The fraction of sp³-hybridized carbons (Fsp3) is 0.533. The minimum Gasteiger partial charge on any atom is -0.327 e. The normalized spacial score (nSPS) is 22.4. The predicted molar refractivity (Wildman–Crippen MR) is 72.9 cm³/mol. The predicted octanol–water partition coefficient (Wildman–Crippen LogP) is 2.26. The summed E-state index contributed by atoms with van der Waals surface area (Å²) in [5.41, 5.74) is 7.98. The molecule has 0 aliphatic carbocycles. The Morgan fingerprint density at radius 3 is 2.94 bits per heavy atom. The van der Waals surface area contributed by atoms with Gasteiger partial charge in [-0.15, -0.1) is 0 Å². The van der Waals surface area contributed by atoms with Gasteiger partial charge in [0.2, 0.25) is 0 Å². The summed E-state index contributed by atoms with van der Waals surface area (Å²) in [4.78, 5) is 2.43. The van der Waals surface area contributed by atoms with Crippen LogP contribution in [0.1, 0.15) is 37.3 Å². The third-order valence-corrected chi connectivity index (χ3v) is 3.78. The van der Waals surface area contributed by atoms with Gasteiger partial charge in [0.05, 0.1) is 11.6 Å². The first-order valence-corrected chi connectivity index (χ1v) is 6.70. The maximum atomic E-state index is 9.13. The summed E-state index contributed by atoms with van der Waals surface area (Å²) in [5, 5.41) is 9.13. The summed E-state index contributed by atoms with van der Waals surface area (Å²) >= 11 is 0. The smallest absolute Gasteiger partial charge is 0.0995 e. The van der Waals surface area contributed by atoms with E-state index in [1.54, 1.807) is 0 Å². The number of nitrogens with zero attached hydrogens (tertiary/aromatic N) is 2. The number of piperidine rings is 1. The van der Waals surface area contributed by atoms with E-state index >= 15 is 0 Å². The monoisotopic (exact) mass is 243 g/mol. The Labute approximate surface area is 109 Å². The molecule has 2 N–H and O–H groups in total. The molecule has 2 rings (SSSR count). The average Bonchev–Trinajstić information content (AvgIpc) is 2.40. The summed E-state index contributed by atoms with van der Waals surface area (Å²) < 4.78 is 0. The zero-order valence-corrected chi connectivity index (χ0v) is 11.0. The summed E-state index contributed by atoms with van der Waals surface area (Å²) in [6.45, 7) is 4.01. The largest absolute Gasteiger partial charge is 0.327 e. The Morgan fingerprint density at radius 1 is 1.44 bits per heavy atom. The second kappa shape index (κ2) is 5.99. The third-order valence-electron chi connectivity index (χ3n) is 3.78. The zero-order chi connectivity index (χ0) is 13.0. The van der Waals surface area contributed by atoms with E-state index in [-0.39, 0.29) is 6.04 Å². The molecule has 3 nitrogen and oxygen atoms in total. The van der Waals surface area contributed by atoms with Crippen molar-refractivity contribution in [1.29, 1.82) is 5.26 Å². The molecule has 0 spiro atoms. The van der Waals surface area contributed by atoms with E-state index in [9.17, 15) is 0 Å². The molecule has 0 aromatic heterocycles. The first-order chi connectivity index (χ1) is 8.72. The van der Waals surface area contributed by atoms with Crippen LogP contribution < -0.4 is 5.73 Å². The van der Waals surface area contributed by atoms with Crippen molar-refractivity contribution in [2.75, 3.05) is 6.54 Å². The van der Waals surface area contributed by atoms with Gasteiger partial charge in [-0.3, -0.25) is 4.90 Å². The van der Waals surface area contributed by atoms with Crippen molar-refractivity contribution in [3.05, 3.63) is 35.4 Å². The average molecular weight is 243 g/mol. The van der Waals surface area contributed by atoms with Crippen LogP contribution in [0, 0.1) is 11.3 Å². The number of hydrogen-bond acceptors (Lipinski definition) is 3. The molecule has 1 aliphatic rings. The van der Waals surface area contributed by atoms with Gasteiger partial charge in [0.1, 0.15) is 0 Å². The molecule has 0 bridgehead atoms. The number of benzene rings is 1. The van der Waals surface area contributed by atoms with Gasteiger partial charge < -0.3 is 5.73 Å². The number of hydrogen-bond donors (Lipinski definition) is 1. The summed E-state index contributed by atoms with van der Waals surface area (Å²) in [6, 6.07) is 10.8. The molecular weight excluding hydrogens is 222 g/mol. The molecule has 18 heavy (non-hydrogen) atoms. The Hall–Kier alpha value is -1.37. The number of likely N-dealkylation sites (tertiary alicyclic amines) is 1. The van der Waals surface area contributed by atoms with Crippen LogP contribution in [-0.4, -0.2) is 23.5 Å². The van der Waals surface area contributed by atoms with Crippen LogP contribution in [0.5, 0.6) is 0 Å². The van der Waals surface area contributed by atoms with E-state index in [1.165, 1.54) is 19.3 Å². The van der Waals surface area contributed by atoms with Crippen LogP contribution in [0.25, 0.3) is 0 Å². The van der Waals surface area contributed by atoms with E-state index in [4.69, 9.17) is 11.0 Å². The lowest BCUT2D eigenvalue weighted by Gasteiger charge is -2.38. The standard InChI is InChI=1S/C15H21N3/c1-12(17)15-8-4-5-9-18(15)11-14-7-3-2-6-13(14)10-16/h2-3,6-7,12,15H,4-5,8-9,11,17H2,1H3. The van der Waals surface area contributed by atoms with E-state index in [0.29, 0.717) is 6.04 Å². The Balaban J connectivity index is 2.14. The molecule has 96 valence electrons. The highest BCUT2D eigenvalue weighted by Gasteiger charge is 2.25. The fourth-order valence-electron chi connectivity index (χ4n) is 2.79. The van der Waals surface area contributed by atoms with E-state index in [0.717, 1.165) is 24.2 Å². The molecule has 2 atom stereocenters. The maximum absolute atomic E-state index is 9.13. The molecule has 1 aliphatic heterocycles. The van der Waals surface area contributed by atoms with Gasteiger partial charge in [-0.1, -0.05) is 24.6 Å². The van der Waals surface area contributed by atoms with Crippen LogP contribution in [0.3, 0.4) is 0 Å². The number of nitrogens with two attached hydrogens (primary N) is 1. The lowest BCUT2D eigenvalue weighted by molar-refractivity contribution is 0.123. The Bertz CT molecular complexity index is 434. The van der Waals surface area contributed by atoms with E-state index < -0.39 is 0 Å². The Kier molecular flexibility index (Phi) is 4.35. The molecule has 1 fully saturated rings. The molecule has 1 aromatic carbocycles. The van der Waals surface area contributed by atoms with Gasteiger partial charge >= 0.3 is 0 Å². The molecule has 2 unspecified atom stereocenters. The van der Waals surface area contributed by atoms with E-state index in [2.05, 4.69) is 17.9 Å². The van der Waals surface area contributed by atoms with Gasteiger partial charge in [-0.2, -0.15) is 5.26 Å². The van der Waals surface area contributed by atoms with Gasteiger partial charge in [-0.25, -0.2) is 0 Å². The molecule has 0 saturated carbocycles. The van der Waals surface area contributed by atoms with Crippen LogP contribution in [0.2, 0.25) is 0 Å². The molecule has 1 aromatic rings. The van der Waals surface area contributed by atoms with Gasteiger partial charge in [0.25, 0.3) is 0 Å². The highest BCUT2D eigenvalue weighted by molar-refractivity contribution is 5.37. The molecule has 0 amide bonds.